The Labute approximate surface area is 131 Å². The predicted molar refractivity (Wildman–Crippen MR) is 88.8 cm³/mol. The summed E-state index contributed by atoms with van der Waals surface area (Å²) >= 11 is 6.52. The summed E-state index contributed by atoms with van der Waals surface area (Å²) in [5.74, 6) is 0.353. The van der Waals surface area contributed by atoms with Crippen molar-refractivity contribution in [1.82, 2.24) is 0 Å². The fourth-order valence-corrected chi connectivity index (χ4v) is 4.01. The van der Waals surface area contributed by atoms with Crippen molar-refractivity contribution in [1.29, 1.82) is 0 Å². The van der Waals surface area contributed by atoms with E-state index in [4.69, 9.17) is 11.6 Å². The molecular formula is C19H21ClO. The monoisotopic (exact) mass is 300 g/mol. The fourth-order valence-electron chi connectivity index (χ4n) is 3.69. The molecule has 1 N–H and O–H groups in total. The van der Waals surface area contributed by atoms with Gasteiger partial charge in [-0.3, -0.25) is 0 Å². The van der Waals surface area contributed by atoms with E-state index < -0.39 is 0 Å². The van der Waals surface area contributed by atoms with Gasteiger partial charge in [0.2, 0.25) is 0 Å². The van der Waals surface area contributed by atoms with Crippen LogP contribution in [0.2, 0.25) is 5.02 Å². The number of hydrogen-bond acceptors (Lipinski definition) is 1. The van der Waals surface area contributed by atoms with Gasteiger partial charge >= 0.3 is 0 Å². The van der Waals surface area contributed by atoms with E-state index in [0.29, 0.717) is 5.76 Å². The molecule has 1 aromatic rings. The maximum atomic E-state index is 9.73. The summed E-state index contributed by atoms with van der Waals surface area (Å²) in [4.78, 5) is 0. The Morgan fingerprint density at radius 1 is 0.952 bits per heavy atom. The zero-order chi connectivity index (χ0) is 14.7. The number of aliphatic hydroxyl groups excluding tert-OH is 1. The van der Waals surface area contributed by atoms with Crippen molar-refractivity contribution < 1.29 is 5.11 Å². The summed E-state index contributed by atoms with van der Waals surface area (Å²) in [5, 5.41) is 10.6. The van der Waals surface area contributed by atoms with Crippen LogP contribution >= 0.6 is 11.6 Å². The Balaban J connectivity index is 2.08. The normalized spacial score (nSPS) is 21.4. The molecule has 1 aromatic carbocycles. The van der Waals surface area contributed by atoms with Crippen molar-refractivity contribution in [3.63, 3.8) is 0 Å². The molecule has 0 aliphatic heterocycles. The van der Waals surface area contributed by atoms with Crippen molar-refractivity contribution in [2.75, 3.05) is 0 Å². The van der Waals surface area contributed by atoms with Gasteiger partial charge in [-0.2, -0.15) is 0 Å². The molecule has 1 nitrogen and oxygen atoms in total. The van der Waals surface area contributed by atoms with Crippen LogP contribution < -0.4 is 0 Å². The molecule has 2 aliphatic carbocycles. The first-order chi connectivity index (χ1) is 10.2. The Kier molecular flexibility index (Phi) is 4.21. The Morgan fingerprint density at radius 3 is 2.48 bits per heavy atom. The van der Waals surface area contributed by atoms with Crippen molar-refractivity contribution >= 4 is 11.6 Å². The molecule has 1 saturated carbocycles. The Bertz CT molecular complexity index is 604. The van der Waals surface area contributed by atoms with E-state index in [0.717, 1.165) is 24.3 Å². The van der Waals surface area contributed by atoms with Crippen LogP contribution in [0.5, 0.6) is 0 Å². The number of allylic oxidation sites excluding steroid dienone is 5. The van der Waals surface area contributed by atoms with E-state index in [1.165, 1.54) is 30.4 Å². The molecule has 2 aliphatic rings. The molecule has 0 spiro atoms. The standard InChI is InChI=1S/C19H21ClO/c20-18-10-3-2-9-17(18)19(13-4-1-5-14-19)15-7-6-8-16(21)12-11-15/h2-3,7-12,21H,1,4-6,13-14H2. The third kappa shape index (κ3) is 2.80. The minimum Gasteiger partial charge on any atom is -0.508 e. The third-order valence-electron chi connectivity index (χ3n) is 4.75. The number of rotatable bonds is 2. The summed E-state index contributed by atoms with van der Waals surface area (Å²) in [5.41, 5.74) is 2.55. The highest BCUT2D eigenvalue weighted by molar-refractivity contribution is 6.31. The average Bonchev–Trinajstić information content (AvgIpc) is 2.73. The summed E-state index contributed by atoms with van der Waals surface area (Å²) in [6, 6.07) is 8.23. The van der Waals surface area contributed by atoms with E-state index in [-0.39, 0.29) is 5.41 Å². The van der Waals surface area contributed by atoms with Crippen molar-refractivity contribution in [2.45, 2.75) is 43.9 Å². The van der Waals surface area contributed by atoms with Crippen LogP contribution in [-0.4, -0.2) is 5.11 Å². The fraction of sp³-hybridized carbons (Fsp3) is 0.368. The second kappa shape index (κ2) is 6.11. The minimum atomic E-state index is 0.00551. The van der Waals surface area contributed by atoms with E-state index in [1.54, 1.807) is 0 Å². The minimum absolute atomic E-state index is 0.00551. The molecule has 21 heavy (non-hydrogen) atoms. The molecular weight excluding hydrogens is 280 g/mol. The van der Waals surface area contributed by atoms with Crippen LogP contribution in [0.3, 0.4) is 0 Å². The summed E-state index contributed by atoms with van der Waals surface area (Å²) in [6.07, 6.45) is 14.8. The maximum absolute atomic E-state index is 9.73. The first-order valence-corrected chi connectivity index (χ1v) is 8.13. The topological polar surface area (TPSA) is 20.2 Å². The largest absolute Gasteiger partial charge is 0.508 e. The van der Waals surface area contributed by atoms with Crippen molar-refractivity contribution in [3.05, 3.63) is 70.5 Å². The second-order valence-corrected chi connectivity index (χ2v) is 6.39. The highest BCUT2D eigenvalue weighted by Gasteiger charge is 2.37. The van der Waals surface area contributed by atoms with E-state index in [1.807, 2.05) is 24.3 Å². The Hall–Kier alpha value is -1.47. The van der Waals surface area contributed by atoms with E-state index in [9.17, 15) is 5.11 Å². The highest BCUT2D eigenvalue weighted by atomic mass is 35.5. The van der Waals surface area contributed by atoms with Gasteiger partial charge < -0.3 is 5.11 Å². The molecule has 1 fully saturated rings. The third-order valence-corrected chi connectivity index (χ3v) is 5.08. The summed E-state index contributed by atoms with van der Waals surface area (Å²) < 4.78 is 0. The van der Waals surface area contributed by atoms with Gasteiger partial charge in [0.25, 0.3) is 0 Å². The SMILES string of the molecule is OC1=CCC=C(C2(c3ccccc3Cl)CCCCC2)C=C1. The van der Waals surface area contributed by atoms with Crippen molar-refractivity contribution in [2.24, 2.45) is 0 Å². The molecule has 110 valence electrons. The van der Waals surface area contributed by atoms with Gasteiger partial charge in [-0.1, -0.05) is 61.2 Å². The number of hydrogen-bond donors (Lipinski definition) is 1. The molecule has 0 heterocycles. The van der Waals surface area contributed by atoms with Gasteiger partial charge in [0.05, 0.1) is 0 Å². The summed E-state index contributed by atoms with van der Waals surface area (Å²) in [7, 11) is 0. The van der Waals surface area contributed by atoms with Gasteiger partial charge in [-0.05, 0) is 48.6 Å². The van der Waals surface area contributed by atoms with Gasteiger partial charge in [-0.15, -0.1) is 0 Å². The van der Waals surface area contributed by atoms with Crippen LogP contribution in [0.4, 0.5) is 0 Å². The van der Waals surface area contributed by atoms with Crippen LogP contribution in [0.25, 0.3) is 0 Å². The zero-order valence-electron chi connectivity index (χ0n) is 12.2. The lowest BCUT2D eigenvalue weighted by Crippen LogP contribution is -2.31. The van der Waals surface area contributed by atoms with Crippen molar-refractivity contribution in [3.8, 4) is 0 Å². The summed E-state index contributed by atoms with van der Waals surface area (Å²) in [6.45, 7) is 0. The van der Waals surface area contributed by atoms with Crippen LogP contribution in [0, 0.1) is 0 Å². The van der Waals surface area contributed by atoms with Gasteiger partial charge in [0, 0.05) is 10.4 Å². The molecule has 0 atom stereocenters. The molecule has 0 saturated heterocycles. The Morgan fingerprint density at radius 2 is 1.71 bits per heavy atom. The number of benzene rings is 1. The average molecular weight is 301 g/mol. The van der Waals surface area contributed by atoms with Crippen LogP contribution in [0.1, 0.15) is 44.1 Å². The highest BCUT2D eigenvalue weighted by Crippen LogP contribution is 2.48. The second-order valence-electron chi connectivity index (χ2n) is 5.98. The van der Waals surface area contributed by atoms with Crippen LogP contribution in [0.15, 0.2) is 59.9 Å². The molecule has 2 heteroatoms. The van der Waals surface area contributed by atoms with Crippen LogP contribution in [-0.2, 0) is 5.41 Å². The molecule has 0 radical (unpaired) electrons. The first-order valence-electron chi connectivity index (χ1n) is 7.75. The lowest BCUT2D eigenvalue weighted by atomic mass is 9.64. The number of aliphatic hydroxyl groups is 1. The number of halogens is 1. The quantitative estimate of drug-likeness (QED) is 0.724. The molecule has 3 rings (SSSR count). The molecule has 0 amide bonds. The van der Waals surface area contributed by atoms with Gasteiger partial charge in [0.1, 0.15) is 5.76 Å². The van der Waals surface area contributed by atoms with Gasteiger partial charge in [0.15, 0.2) is 0 Å². The maximum Gasteiger partial charge on any atom is 0.111 e. The van der Waals surface area contributed by atoms with Gasteiger partial charge in [-0.25, -0.2) is 0 Å². The van der Waals surface area contributed by atoms with E-state index >= 15 is 0 Å². The van der Waals surface area contributed by atoms with E-state index in [2.05, 4.69) is 24.3 Å². The molecule has 0 aromatic heterocycles. The lowest BCUT2D eigenvalue weighted by Gasteiger charge is -2.40. The molecule has 0 bridgehead atoms. The predicted octanol–water partition coefficient (Wildman–Crippen LogP) is 5.87. The smallest absolute Gasteiger partial charge is 0.111 e. The lowest BCUT2D eigenvalue weighted by molar-refractivity contribution is 0.344. The molecule has 0 unspecified atom stereocenters. The zero-order valence-corrected chi connectivity index (χ0v) is 12.9. The first kappa shape index (κ1) is 14.5.